The van der Waals surface area contributed by atoms with Gasteiger partial charge in [-0.1, -0.05) is 200 Å². The van der Waals surface area contributed by atoms with Crippen LogP contribution in [-0.2, 0) is 23.8 Å². The summed E-state index contributed by atoms with van der Waals surface area (Å²) >= 11 is 0. The molecule has 5 nitrogen and oxygen atoms in total. The van der Waals surface area contributed by atoms with E-state index in [1.807, 2.05) is 12.2 Å². The molecule has 0 aliphatic rings. The highest BCUT2D eigenvalue weighted by Crippen LogP contribution is 2.12. The molecule has 0 aliphatic heterocycles. The first-order valence-corrected chi connectivity index (χ1v) is 25.1. The minimum absolute atomic E-state index is 0.0124. The molecule has 62 heavy (non-hydrogen) atoms. The fourth-order valence-corrected chi connectivity index (χ4v) is 6.33. The van der Waals surface area contributed by atoms with Gasteiger partial charge < -0.3 is 14.2 Å². The average molecular weight is 857 g/mol. The van der Waals surface area contributed by atoms with Crippen molar-refractivity contribution in [3.63, 3.8) is 0 Å². The van der Waals surface area contributed by atoms with Gasteiger partial charge in [-0.15, -0.1) is 0 Å². The van der Waals surface area contributed by atoms with Gasteiger partial charge >= 0.3 is 11.9 Å². The Labute approximate surface area is 382 Å². The molecule has 0 aromatic carbocycles. The van der Waals surface area contributed by atoms with Crippen LogP contribution in [0.4, 0.5) is 0 Å². The zero-order valence-electron chi connectivity index (χ0n) is 40.1. The summed E-state index contributed by atoms with van der Waals surface area (Å²) in [4.78, 5) is 25.3. The highest BCUT2D eigenvalue weighted by molar-refractivity contribution is 5.71. The lowest BCUT2D eigenvalue weighted by Crippen LogP contribution is -2.30. The van der Waals surface area contributed by atoms with Gasteiger partial charge in [-0.3, -0.25) is 9.59 Å². The van der Waals surface area contributed by atoms with Crippen molar-refractivity contribution in [2.75, 3.05) is 19.8 Å². The van der Waals surface area contributed by atoms with Crippen molar-refractivity contribution in [2.24, 2.45) is 0 Å². The van der Waals surface area contributed by atoms with Crippen LogP contribution in [0.2, 0.25) is 0 Å². The lowest BCUT2D eigenvalue weighted by Gasteiger charge is -2.18. The van der Waals surface area contributed by atoms with E-state index in [1.54, 1.807) is 0 Å². The van der Waals surface area contributed by atoms with Crippen LogP contribution in [0.5, 0.6) is 0 Å². The van der Waals surface area contributed by atoms with Crippen LogP contribution in [0.15, 0.2) is 122 Å². The molecule has 0 aromatic heterocycles. The van der Waals surface area contributed by atoms with Crippen LogP contribution in [0.3, 0.4) is 0 Å². The molecular weight excluding hydrogens is 765 g/mol. The molecule has 0 N–H and O–H groups in total. The second kappa shape index (κ2) is 51.6. The van der Waals surface area contributed by atoms with Crippen LogP contribution in [0.1, 0.15) is 201 Å². The molecule has 0 radical (unpaired) electrons. The predicted octanol–water partition coefficient (Wildman–Crippen LogP) is 17.0. The third-order valence-electron chi connectivity index (χ3n) is 10.00. The van der Waals surface area contributed by atoms with Gasteiger partial charge in [0, 0.05) is 13.0 Å². The van der Waals surface area contributed by atoms with Gasteiger partial charge in [0.1, 0.15) is 6.61 Å². The summed E-state index contributed by atoms with van der Waals surface area (Å²) in [5, 5.41) is 0. The van der Waals surface area contributed by atoms with Crippen LogP contribution in [0.25, 0.3) is 0 Å². The largest absolute Gasteiger partial charge is 0.461 e. The first kappa shape index (κ1) is 58.3. The van der Waals surface area contributed by atoms with Gasteiger partial charge in [-0.2, -0.15) is 0 Å². The summed E-state index contributed by atoms with van der Waals surface area (Å²) in [5.41, 5.74) is 0. The maximum absolute atomic E-state index is 12.8. The SMILES string of the molecule is CC/C=C\C/C=C\C/C=C\C/C=C\C/C=C\CC(=O)OCC(COCCCCCCCC/C=C\C/C=C\C/C=C\CC)OC(=O)CCCCCCC/C=C\C/C=C\CCCCC. The zero-order chi connectivity index (χ0) is 44.9. The number of carbonyl (C=O) groups is 2. The minimum Gasteiger partial charge on any atom is -0.461 e. The molecule has 0 spiro atoms. The summed E-state index contributed by atoms with van der Waals surface area (Å²) in [5.74, 6) is -0.576. The van der Waals surface area contributed by atoms with E-state index in [2.05, 4.69) is 130 Å². The number of ether oxygens (including phenoxy) is 3. The standard InChI is InChI=1S/C57H92O5/c1-4-7-10-13-16-19-22-25-28-31-34-37-40-43-46-49-52-60-53-55(62-57(59)51-48-45-42-39-36-33-30-27-24-21-18-15-12-9-6-3)54-61-56(58)50-47-44-41-38-35-32-29-26-23-20-17-14-11-8-5-2/h7-8,10-11,16-21,25-30,35,38,44,47,55H,4-6,9,12-15,22-24,31-34,36-37,39-43,45-46,48-54H2,1-3H3/b10-7-,11-8-,19-16-,20-17-,21-18-,28-25-,29-26-,30-27-,38-35-,47-44-. The molecule has 0 aliphatic carbocycles. The van der Waals surface area contributed by atoms with E-state index in [9.17, 15) is 9.59 Å². The van der Waals surface area contributed by atoms with Gasteiger partial charge in [0.25, 0.3) is 0 Å². The Morgan fingerprint density at radius 2 is 0.774 bits per heavy atom. The second-order valence-corrected chi connectivity index (χ2v) is 16.0. The fraction of sp³-hybridized carbons (Fsp3) is 0.614. The van der Waals surface area contributed by atoms with E-state index in [4.69, 9.17) is 14.2 Å². The van der Waals surface area contributed by atoms with Crippen LogP contribution < -0.4 is 0 Å². The van der Waals surface area contributed by atoms with E-state index in [1.165, 1.54) is 64.2 Å². The topological polar surface area (TPSA) is 61.8 Å². The molecule has 5 heteroatoms. The summed E-state index contributed by atoms with van der Waals surface area (Å²) in [6.45, 7) is 7.41. The highest BCUT2D eigenvalue weighted by Gasteiger charge is 2.17. The van der Waals surface area contributed by atoms with Crippen molar-refractivity contribution in [1.82, 2.24) is 0 Å². The van der Waals surface area contributed by atoms with Crippen molar-refractivity contribution in [3.8, 4) is 0 Å². The number of hydrogen-bond donors (Lipinski definition) is 0. The second-order valence-electron chi connectivity index (χ2n) is 16.0. The van der Waals surface area contributed by atoms with E-state index in [0.29, 0.717) is 13.0 Å². The minimum atomic E-state index is -0.598. The smallest absolute Gasteiger partial charge is 0.309 e. The Balaban J connectivity index is 4.47. The molecule has 0 amide bonds. The summed E-state index contributed by atoms with van der Waals surface area (Å²) in [6, 6.07) is 0. The summed E-state index contributed by atoms with van der Waals surface area (Å²) in [6.07, 6.45) is 72.3. The van der Waals surface area contributed by atoms with Crippen molar-refractivity contribution in [3.05, 3.63) is 122 Å². The molecule has 0 fully saturated rings. The Hall–Kier alpha value is -3.70. The predicted molar refractivity (Wildman–Crippen MR) is 269 cm³/mol. The highest BCUT2D eigenvalue weighted by atomic mass is 16.6. The Bertz CT molecular complexity index is 1290. The van der Waals surface area contributed by atoms with Crippen molar-refractivity contribution in [1.29, 1.82) is 0 Å². The molecule has 1 atom stereocenters. The van der Waals surface area contributed by atoms with Crippen LogP contribution in [0, 0.1) is 0 Å². The molecule has 0 bridgehead atoms. The van der Waals surface area contributed by atoms with E-state index in [0.717, 1.165) is 103 Å². The molecule has 350 valence electrons. The summed E-state index contributed by atoms with van der Waals surface area (Å²) in [7, 11) is 0. The number of carbonyl (C=O) groups excluding carboxylic acids is 2. The Morgan fingerprint density at radius 3 is 1.24 bits per heavy atom. The van der Waals surface area contributed by atoms with Gasteiger partial charge in [-0.25, -0.2) is 0 Å². The van der Waals surface area contributed by atoms with Crippen LogP contribution in [-0.4, -0.2) is 37.9 Å². The number of unbranched alkanes of at least 4 members (excludes halogenated alkanes) is 14. The van der Waals surface area contributed by atoms with Gasteiger partial charge in [0.2, 0.25) is 0 Å². The molecule has 0 aromatic rings. The van der Waals surface area contributed by atoms with Gasteiger partial charge in [-0.05, 0) is 109 Å². The number of esters is 2. The molecule has 0 heterocycles. The van der Waals surface area contributed by atoms with Crippen LogP contribution >= 0.6 is 0 Å². The molecule has 0 rings (SSSR count). The van der Waals surface area contributed by atoms with Gasteiger partial charge in [0.05, 0.1) is 13.0 Å². The normalized spacial score (nSPS) is 13.3. The summed E-state index contributed by atoms with van der Waals surface area (Å²) < 4.78 is 17.3. The molecule has 0 saturated carbocycles. The van der Waals surface area contributed by atoms with Crippen molar-refractivity contribution >= 4 is 11.9 Å². The Morgan fingerprint density at radius 1 is 0.387 bits per heavy atom. The lowest BCUT2D eigenvalue weighted by molar-refractivity contribution is -0.162. The number of hydrogen-bond acceptors (Lipinski definition) is 5. The first-order chi connectivity index (χ1) is 30.6. The molecular formula is C57H92O5. The van der Waals surface area contributed by atoms with E-state index < -0.39 is 6.10 Å². The third kappa shape index (κ3) is 49.0. The number of allylic oxidation sites excluding steroid dienone is 19. The fourth-order valence-electron chi connectivity index (χ4n) is 6.33. The molecule has 0 saturated heterocycles. The molecule has 1 unspecified atom stereocenters. The average Bonchev–Trinajstić information content (AvgIpc) is 3.27. The zero-order valence-corrected chi connectivity index (χ0v) is 40.1. The monoisotopic (exact) mass is 857 g/mol. The maximum atomic E-state index is 12.8. The quantitative estimate of drug-likeness (QED) is 0.0347. The van der Waals surface area contributed by atoms with E-state index >= 15 is 0 Å². The number of rotatable bonds is 44. The van der Waals surface area contributed by atoms with Gasteiger partial charge in [0.15, 0.2) is 6.10 Å². The first-order valence-electron chi connectivity index (χ1n) is 25.1. The van der Waals surface area contributed by atoms with Crippen molar-refractivity contribution in [2.45, 2.75) is 207 Å². The maximum Gasteiger partial charge on any atom is 0.309 e. The Kier molecular flexibility index (Phi) is 48.6. The van der Waals surface area contributed by atoms with Crippen molar-refractivity contribution < 1.29 is 23.8 Å². The van der Waals surface area contributed by atoms with E-state index in [-0.39, 0.29) is 31.6 Å². The third-order valence-corrected chi connectivity index (χ3v) is 10.00. The lowest BCUT2D eigenvalue weighted by atomic mass is 10.1.